The van der Waals surface area contributed by atoms with E-state index in [-0.39, 0.29) is 0 Å². The third kappa shape index (κ3) is 1.53. The van der Waals surface area contributed by atoms with E-state index in [2.05, 4.69) is 23.5 Å². The monoisotopic (exact) mass is 151 g/mol. The molecule has 1 N–H and O–H groups in total. The van der Waals surface area contributed by atoms with Crippen LogP contribution in [0.4, 0.5) is 5.69 Å². The molecule has 0 atom stereocenters. The number of nitrogens with zero attached hydrogens (tertiary/aromatic N) is 2. The summed E-state index contributed by atoms with van der Waals surface area (Å²) in [5, 5.41) is 7.56. The maximum absolute atomic E-state index is 4.17. The van der Waals surface area contributed by atoms with Crippen LogP contribution < -0.4 is 5.32 Å². The average molecular weight is 151 g/mol. The Morgan fingerprint density at radius 2 is 2.55 bits per heavy atom. The second-order valence-corrected chi connectivity index (χ2v) is 3.00. The van der Waals surface area contributed by atoms with Crippen molar-refractivity contribution in [2.45, 2.75) is 32.4 Å². The lowest BCUT2D eigenvalue weighted by Gasteiger charge is -1.97. The van der Waals surface area contributed by atoms with Gasteiger partial charge in [0.1, 0.15) is 0 Å². The zero-order chi connectivity index (χ0) is 7.68. The maximum atomic E-state index is 4.17. The summed E-state index contributed by atoms with van der Waals surface area (Å²) in [6.45, 7) is 3.04. The molecule has 60 valence electrons. The summed E-state index contributed by atoms with van der Waals surface area (Å²) in [5.41, 5.74) is 1.16. The van der Waals surface area contributed by atoms with E-state index < -0.39 is 0 Å². The van der Waals surface area contributed by atoms with Crippen LogP contribution in [0.5, 0.6) is 0 Å². The van der Waals surface area contributed by atoms with E-state index in [9.17, 15) is 0 Å². The first-order valence-electron chi connectivity index (χ1n) is 4.17. The molecule has 0 unspecified atom stereocenters. The normalized spacial score (nSPS) is 16.8. The van der Waals surface area contributed by atoms with E-state index in [1.54, 1.807) is 0 Å². The van der Waals surface area contributed by atoms with Crippen molar-refractivity contribution >= 4 is 5.69 Å². The minimum Gasteiger partial charge on any atom is -0.380 e. The molecule has 1 aromatic heterocycles. The van der Waals surface area contributed by atoms with Gasteiger partial charge in [0.05, 0.1) is 11.9 Å². The molecule has 3 nitrogen and oxygen atoms in total. The largest absolute Gasteiger partial charge is 0.380 e. The molecule has 0 spiro atoms. The van der Waals surface area contributed by atoms with E-state index in [0.29, 0.717) is 0 Å². The molecule has 1 aromatic rings. The smallest absolute Gasteiger partial charge is 0.0728 e. The van der Waals surface area contributed by atoms with Crippen molar-refractivity contribution in [3.05, 3.63) is 12.4 Å². The summed E-state index contributed by atoms with van der Waals surface area (Å²) in [7, 11) is 0. The molecule has 3 heteroatoms. The third-order valence-corrected chi connectivity index (χ3v) is 1.91. The first-order chi connectivity index (χ1) is 5.38. The highest BCUT2D eigenvalue weighted by Gasteiger charge is 2.20. The Morgan fingerprint density at radius 3 is 3.09 bits per heavy atom. The Bertz CT molecular complexity index is 237. The van der Waals surface area contributed by atoms with Gasteiger partial charge in [0.25, 0.3) is 0 Å². The number of aromatic nitrogens is 2. The predicted molar refractivity (Wildman–Crippen MR) is 44.5 cm³/mol. The molecule has 0 saturated heterocycles. The van der Waals surface area contributed by atoms with Gasteiger partial charge in [0.15, 0.2) is 0 Å². The van der Waals surface area contributed by atoms with Gasteiger partial charge in [0, 0.05) is 18.8 Å². The van der Waals surface area contributed by atoms with Gasteiger partial charge in [-0.05, 0) is 19.8 Å². The quantitative estimate of drug-likeness (QED) is 0.709. The Balaban J connectivity index is 1.99. The molecule has 1 heterocycles. The van der Waals surface area contributed by atoms with E-state index in [1.165, 1.54) is 12.8 Å². The minimum atomic E-state index is 0.726. The van der Waals surface area contributed by atoms with Gasteiger partial charge in [0.2, 0.25) is 0 Å². The van der Waals surface area contributed by atoms with Crippen LogP contribution in [0.15, 0.2) is 12.4 Å². The number of rotatable bonds is 3. The number of nitrogens with one attached hydrogen (secondary N) is 1. The molecule has 1 aliphatic carbocycles. The van der Waals surface area contributed by atoms with Gasteiger partial charge in [-0.1, -0.05) is 0 Å². The average Bonchev–Trinajstić information content (AvgIpc) is 2.68. The summed E-state index contributed by atoms with van der Waals surface area (Å²) in [5.74, 6) is 0. The van der Waals surface area contributed by atoms with Crippen molar-refractivity contribution in [2.24, 2.45) is 0 Å². The lowest BCUT2D eigenvalue weighted by Crippen LogP contribution is -1.99. The lowest BCUT2D eigenvalue weighted by molar-refractivity contribution is 0.660. The molecule has 1 fully saturated rings. The number of aryl methyl sites for hydroxylation is 1. The molecule has 0 bridgehead atoms. The van der Waals surface area contributed by atoms with Gasteiger partial charge < -0.3 is 5.32 Å². The first-order valence-corrected chi connectivity index (χ1v) is 4.17. The zero-order valence-electron chi connectivity index (χ0n) is 6.75. The predicted octanol–water partition coefficient (Wildman–Crippen LogP) is 1.48. The second-order valence-electron chi connectivity index (χ2n) is 3.00. The summed E-state index contributed by atoms with van der Waals surface area (Å²) < 4.78 is 1.94. The summed E-state index contributed by atoms with van der Waals surface area (Å²) in [6, 6.07) is 0.726. The van der Waals surface area contributed by atoms with Crippen LogP contribution in [0.2, 0.25) is 0 Å². The Hall–Kier alpha value is -0.990. The molecule has 0 radical (unpaired) electrons. The summed E-state index contributed by atoms with van der Waals surface area (Å²) >= 11 is 0. The highest BCUT2D eigenvalue weighted by molar-refractivity contribution is 5.40. The van der Waals surface area contributed by atoms with Crippen molar-refractivity contribution in [1.82, 2.24) is 9.78 Å². The fourth-order valence-electron chi connectivity index (χ4n) is 1.07. The summed E-state index contributed by atoms with van der Waals surface area (Å²) in [4.78, 5) is 0. The van der Waals surface area contributed by atoms with Crippen LogP contribution in [0.3, 0.4) is 0 Å². The molecule has 1 saturated carbocycles. The molecule has 2 rings (SSSR count). The van der Waals surface area contributed by atoms with E-state index in [4.69, 9.17) is 0 Å². The van der Waals surface area contributed by atoms with Crippen molar-refractivity contribution in [3.63, 3.8) is 0 Å². The lowest BCUT2D eigenvalue weighted by atomic mass is 10.5. The molecular formula is C8H13N3. The topological polar surface area (TPSA) is 29.9 Å². The fraction of sp³-hybridized carbons (Fsp3) is 0.625. The Morgan fingerprint density at radius 1 is 1.73 bits per heavy atom. The molecule has 1 aliphatic rings. The SMILES string of the molecule is CCn1cc(NC2CC2)cn1. The van der Waals surface area contributed by atoms with Crippen LogP contribution in [-0.4, -0.2) is 15.8 Å². The maximum Gasteiger partial charge on any atom is 0.0728 e. The van der Waals surface area contributed by atoms with Crippen LogP contribution >= 0.6 is 0 Å². The van der Waals surface area contributed by atoms with Crippen LogP contribution in [0, 0.1) is 0 Å². The molecular weight excluding hydrogens is 138 g/mol. The molecule has 0 aromatic carbocycles. The van der Waals surface area contributed by atoms with Gasteiger partial charge >= 0.3 is 0 Å². The van der Waals surface area contributed by atoms with Crippen LogP contribution in [0.1, 0.15) is 19.8 Å². The Labute approximate surface area is 66.4 Å². The zero-order valence-corrected chi connectivity index (χ0v) is 6.75. The van der Waals surface area contributed by atoms with Gasteiger partial charge in [-0.25, -0.2) is 0 Å². The molecule has 11 heavy (non-hydrogen) atoms. The highest BCUT2D eigenvalue weighted by atomic mass is 15.3. The van der Waals surface area contributed by atoms with Crippen molar-refractivity contribution in [3.8, 4) is 0 Å². The van der Waals surface area contributed by atoms with Crippen molar-refractivity contribution in [1.29, 1.82) is 0 Å². The standard InChI is InChI=1S/C8H13N3/c1-2-11-6-8(5-9-11)10-7-3-4-7/h5-7,10H,2-4H2,1H3. The molecule has 0 aliphatic heterocycles. The van der Waals surface area contributed by atoms with Crippen LogP contribution in [-0.2, 0) is 6.54 Å². The van der Waals surface area contributed by atoms with Gasteiger partial charge in [-0.3, -0.25) is 4.68 Å². The van der Waals surface area contributed by atoms with Crippen LogP contribution in [0.25, 0.3) is 0 Å². The number of hydrogen-bond acceptors (Lipinski definition) is 2. The van der Waals surface area contributed by atoms with E-state index in [1.807, 2.05) is 10.9 Å². The van der Waals surface area contributed by atoms with Gasteiger partial charge in [-0.15, -0.1) is 0 Å². The van der Waals surface area contributed by atoms with Gasteiger partial charge in [-0.2, -0.15) is 5.10 Å². The highest BCUT2D eigenvalue weighted by Crippen LogP contribution is 2.23. The second kappa shape index (κ2) is 2.57. The third-order valence-electron chi connectivity index (χ3n) is 1.91. The van der Waals surface area contributed by atoms with Crippen molar-refractivity contribution < 1.29 is 0 Å². The Kier molecular flexibility index (Phi) is 1.56. The number of hydrogen-bond donors (Lipinski definition) is 1. The van der Waals surface area contributed by atoms with E-state index in [0.717, 1.165) is 18.3 Å². The minimum absolute atomic E-state index is 0.726. The fourth-order valence-corrected chi connectivity index (χ4v) is 1.07. The number of anilines is 1. The molecule has 0 amide bonds. The van der Waals surface area contributed by atoms with E-state index >= 15 is 0 Å². The summed E-state index contributed by atoms with van der Waals surface area (Å²) in [6.07, 6.45) is 6.58. The first kappa shape index (κ1) is 6.70. The van der Waals surface area contributed by atoms with Crippen molar-refractivity contribution in [2.75, 3.05) is 5.32 Å².